The Morgan fingerprint density at radius 2 is 1.94 bits per heavy atom. The molecular weight excluding hydrogens is 406 g/mol. The van der Waals surface area contributed by atoms with Crippen LogP contribution in [-0.4, -0.2) is 18.9 Å². The van der Waals surface area contributed by atoms with Crippen molar-refractivity contribution in [1.82, 2.24) is 0 Å². The molecule has 2 aromatic carbocycles. The summed E-state index contributed by atoms with van der Waals surface area (Å²) in [5, 5.41) is 0. The van der Waals surface area contributed by atoms with Crippen molar-refractivity contribution >= 4 is 5.69 Å². The number of nitrogens with zero attached hydrogens (tertiary/aromatic N) is 1. The molecule has 2 nitrogen and oxygen atoms in total. The van der Waals surface area contributed by atoms with E-state index in [9.17, 15) is 17.6 Å². The average Bonchev–Trinajstić information content (AvgIpc) is 2.73. The highest BCUT2D eigenvalue weighted by Crippen LogP contribution is 2.41. The Labute approximate surface area is 179 Å². The van der Waals surface area contributed by atoms with Crippen LogP contribution in [0.4, 0.5) is 23.2 Å². The molecule has 0 amide bonds. The lowest BCUT2D eigenvalue weighted by Gasteiger charge is -2.43. The lowest BCUT2D eigenvalue weighted by molar-refractivity contribution is -0.303. The number of benzene rings is 2. The molecule has 0 saturated carbocycles. The van der Waals surface area contributed by atoms with Crippen molar-refractivity contribution in [3.63, 3.8) is 0 Å². The fourth-order valence-electron chi connectivity index (χ4n) is 4.78. The maximum absolute atomic E-state index is 13.8. The minimum atomic E-state index is -4.69. The molecule has 2 aliphatic rings. The number of halogens is 4. The highest BCUT2D eigenvalue weighted by Gasteiger charge is 2.35. The van der Waals surface area contributed by atoms with Gasteiger partial charge < -0.3 is 9.64 Å². The fourth-order valence-corrected chi connectivity index (χ4v) is 4.78. The molecule has 0 bridgehead atoms. The van der Waals surface area contributed by atoms with Crippen LogP contribution in [0.1, 0.15) is 31.7 Å². The third-order valence-electron chi connectivity index (χ3n) is 5.95. The number of anilines is 1. The van der Waals surface area contributed by atoms with Crippen molar-refractivity contribution in [3.05, 3.63) is 77.8 Å². The maximum atomic E-state index is 13.8. The van der Waals surface area contributed by atoms with Crippen LogP contribution < -0.4 is 4.90 Å². The van der Waals surface area contributed by atoms with Gasteiger partial charge in [-0.2, -0.15) is 0 Å². The highest BCUT2D eigenvalue weighted by molar-refractivity contribution is 5.75. The van der Waals surface area contributed by atoms with Crippen molar-refractivity contribution < 1.29 is 22.3 Å². The maximum Gasteiger partial charge on any atom is 0.573 e. The SMILES string of the molecule is CCCN1c2cccc(-c3cccc(F)c3)c2CC[C@@H]1C1C=C(OC(F)(F)F)C=CC1. The van der Waals surface area contributed by atoms with E-state index in [0.29, 0.717) is 6.42 Å². The van der Waals surface area contributed by atoms with E-state index in [4.69, 9.17) is 0 Å². The number of rotatable bonds is 5. The number of hydrogen-bond donors (Lipinski definition) is 0. The molecule has 1 heterocycles. The first-order valence-electron chi connectivity index (χ1n) is 10.6. The molecule has 0 radical (unpaired) electrons. The van der Waals surface area contributed by atoms with Gasteiger partial charge in [0.25, 0.3) is 0 Å². The molecular formula is C25H25F4NO. The van der Waals surface area contributed by atoms with Crippen LogP contribution >= 0.6 is 0 Å². The summed E-state index contributed by atoms with van der Waals surface area (Å²) in [4.78, 5) is 2.31. The second-order valence-electron chi connectivity index (χ2n) is 8.03. The monoisotopic (exact) mass is 431 g/mol. The van der Waals surface area contributed by atoms with Crippen LogP contribution in [0.25, 0.3) is 11.1 Å². The van der Waals surface area contributed by atoms with E-state index in [1.165, 1.54) is 17.7 Å². The first kappa shape index (κ1) is 21.5. The van der Waals surface area contributed by atoms with Gasteiger partial charge in [0.1, 0.15) is 11.6 Å². The van der Waals surface area contributed by atoms with Gasteiger partial charge in [0.15, 0.2) is 0 Å². The summed E-state index contributed by atoms with van der Waals surface area (Å²) in [5.74, 6) is -0.482. The van der Waals surface area contributed by atoms with Gasteiger partial charge in [-0.25, -0.2) is 4.39 Å². The van der Waals surface area contributed by atoms with Gasteiger partial charge >= 0.3 is 6.36 Å². The van der Waals surface area contributed by atoms with Gasteiger partial charge in [-0.05, 0) is 72.7 Å². The molecule has 6 heteroatoms. The Morgan fingerprint density at radius 1 is 1.13 bits per heavy atom. The predicted molar refractivity (Wildman–Crippen MR) is 114 cm³/mol. The lowest BCUT2D eigenvalue weighted by atomic mass is 9.82. The van der Waals surface area contributed by atoms with Crippen LogP contribution in [-0.2, 0) is 11.2 Å². The van der Waals surface area contributed by atoms with Crippen LogP contribution in [0.15, 0.2) is 66.5 Å². The smallest absolute Gasteiger partial charge is 0.406 e. The fraction of sp³-hybridized carbons (Fsp3) is 0.360. The van der Waals surface area contributed by atoms with Crippen LogP contribution in [0, 0.1) is 11.7 Å². The summed E-state index contributed by atoms with van der Waals surface area (Å²) < 4.78 is 56.1. The number of ether oxygens (including phenoxy) is 1. The van der Waals surface area contributed by atoms with Crippen molar-refractivity contribution in [2.24, 2.45) is 5.92 Å². The third kappa shape index (κ3) is 4.78. The Morgan fingerprint density at radius 3 is 2.68 bits per heavy atom. The largest absolute Gasteiger partial charge is 0.573 e. The predicted octanol–water partition coefficient (Wildman–Crippen LogP) is 7.02. The minimum Gasteiger partial charge on any atom is -0.406 e. The molecule has 0 aromatic heterocycles. The molecule has 2 atom stereocenters. The van der Waals surface area contributed by atoms with Crippen molar-refractivity contribution in [2.45, 2.75) is 45.0 Å². The van der Waals surface area contributed by atoms with E-state index >= 15 is 0 Å². The van der Waals surface area contributed by atoms with Gasteiger partial charge in [0, 0.05) is 24.2 Å². The summed E-state index contributed by atoms with van der Waals surface area (Å²) >= 11 is 0. The number of hydrogen-bond acceptors (Lipinski definition) is 2. The summed E-state index contributed by atoms with van der Waals surface area (Å²) in [5.41, 5.74) is 4.10. The van der Waals surface area contributed by atoms with Gasteiger partial charge in [-0.3, -0.25) is 0 Å². The van der Waals surface area contributed by atoms with E-state index in [1.807, 2.05) is 18.2 Å². The summed E-state index contributed by atoms with van der Waals surface area (Å²) in [7, 11) is 0. The first-order valence-corrected chi connectivity index (χ1v) is 10.6. The van der Waals surface area contributed by atoms with Gasteiger partial charge in [-0.1, -0.05) is 37.3 Å². The highest BCUT2D eigenvalue weighted by atomic mass is 19.4. The number of fused-ring (bicyclic) bond motifs is 1. The van der Waals surface area contributed by atoms with E-state index < -0.39 is 6.36 Å². The van der Waals surface area contributed by atoms with Gasteiger partial charge in [0.2, 0.25) is 0 Å². The molecule has 1 aliphatic heterocycles. The van der Waals surface area contributed by atoms with Crippen LogP contribution in [0.5, 0.6) is 0 Å². The average molecular weight is 431 g/mol. The molecule has 164 valence electrons. The zero-order valence-corrected chi connectivity index (χ0v) is 17.3. The quantitative estimate of drug-likeness (QED) is 0.472. The van der Waals surface area contributed by atoms with Gasteiger partial charge in [-0.15, -0.1) is 13.2 Å². The molecule has 1 unspecified atom stereocenters. The lowest BCUT2D eigenvalue weighted by Crippen LogP contribution is -2.44. The second-order valence-corrected chi connectivity index (χ2v) is 8.03. The zero-order valence-electron chi connectivity index (χ0n) is 17.3. The third-order valence-corrected chi connectivity index (χ3v) is 5.95. The molecule has 4 rings (SSSR count). The van der Waals surface area contributed by atoms with E-state index in [1.54, 1.807) is 24.3 Å². The van der Waals surface area contributed by atoms with Gasteiger partial charge in [0.05, 0.1) is 0 Å². The molecule has 0 spiro atoms. The molecule has 31 heavy (non-hydrogen) atoms. The second kappa shape index (κ2) is 8.77. The van der Waals surface area contributed by atoms with E-state index in [0.717, 1.165) is 42.6 Å². The Kier molecular flexibility index (Phi) is 6.08. The molecule has 0 N–H and O–H groups in total. The Hall–Kier alpha value is -2.76. The summed E-state index contributed by atoms with van der Waals surface area (Å²) in [6, 6.07) is 12.7. The summed E-state index contributed by atoms with van der Waals surface area (Å²) in [6.45, 7) is 2.89. The van der Waals surface area contributed by atoms with E-state index in [-0.39, 0.29) is 23.5 Å². The topological polar surface area (TPSA) is 12.5 Å². The number of allylic oxidation sites excluding steroid dienone is 2. The standard InChI is InChI=1S/C25H25F4NO/c1-2-14-30-23(18-7-4-9-20(16-18)31-25(27,28)29)13-12-22-21(10-5-11-24(22)30)17-6-3-8-19(26)15-17/h3-6,8-11,15-16,18,23H,2,7,12-14H2,1H3/t18?,23-/m1/s1. The normalized spacial score (nSPS) is 20.9. The Bertz CT molecular complexity index is 995. The zero-order chi connectivity index (χ0) is 22.0. The number of alkyl halides is 3. The Balaban J connectivity index is 1.68. The van der Waals surface area contributed by atoms with Crippen molar-refractivity contribution in [1.29, 1.82) is 0 Å². The molecule has 1 aliphatic carbocycles. The van der Waals surface area contributed by atoms with Crippen LogP contribution in [0.3, 0.4) is 0 Å². The molecule has 2 aromatic rings. The first-order chi connectivity index (χ1) is 14.9. The van der Waals surface area contributed by atoms with Crippen molar-refractivity contribution in [3.8, 4) is 11.1 Å². The van der Waals surface area contributed by atoms with E-state index in [2.05, 4.69) is 22.6 Å². The molecule has 0 saturated heterocycles. The van der Waals surface area contributed by atoms with Crippen molar-refractivity contribution in [2.75, 3.05) is 11.4 Å². The molecule has 0 fully saturated rings. The van der Waals surface area contributed by atoms with Crippen LogP contribution in [0.2, 0.25) is 0 Å². The minimum absolute atomic E-state index is 0.0696. The summed E-state index contributed by atoms with van der Waals surface area (Å²) in [6.07, 6.45) is 3.26.